The highest BCUT2D eigenvalue weighted by Gasteiger charge is 2.19. The molecule has 0 saturated carbocycles. The van der Waals surface area contributed by atoms with Crippen LogP contribution in [0.4, 0.5) is 0 Å². The summed E-state index contributed by atoms with van der Waals surface area (Å²) < 4.78 is 16.8. The summed E-state index contributed by atoms with van der Waals surface area (Å²) in [6.07, 6.45) is 43.8. The van der Waals surface area contributed by atoms with Crippen LogP contribution in [0.5, 0.6) is 0 Å². The van der Waals surface area contributed by atoms with Crippen LogP contribution < -0.4 is 0 Å². The molecule has 0 aromatic rings. The van der Waals surface area contributed by atoms with Gasteiger partial charge in [0.1, 0.15) is 13.2 Å². The van der Waals surface area contributed by atoms with E-state index in [1.54, 1.807) is 0 Å². The molecule has 0 spiro atoms. The van der Waals surface area contributed by atoms with Crippen molar-refractivity contribution in [2.75, 3.05) is 13.2 Å². The fourth-order valence-electron chi connectivity index (χ4n) is 7.87. The average molecular weight is 835 g/mol. The number of ether oxygens (including phenoxy) is 3. The van der Waals surface area contributed by atoms with Crippen molar-refractivity contribution in [2.45, 2.75) is 292 Å². The molecule has 0 radical (unpaired) electrons. The van der Waals surface area contributed by atoms with Crippen LogP contribution in [0.15, 0.2) is 0 Å². The van der Waals surface area contributed by atoms with Crippen LogP contribution in [-0.2, 0) is 28.6 Å². The molecule has 3 atom stereocenters. The lowest BCUT2D eigenvalue weighted by Crippen LogP contribution is -2.30. The molecule has 2 unspecified atom stereocenters. The lowest BCUT2D eigenvalue weighted by atomic mass is 9.99. The summed E-state index contributed by atoms with van der Waals surface area (Å²) in [6, 6.07) is 0. The molecule has 0 aliphatic rings. The smallest absolute Gasteiger partial charge is 0.306 e. The highest BCUT2D eigenvalue weighted by atomic mass is 16.6. The zero-order chi connectivity index (χ0) is 43.4. The largest absolute Gasteiger partial charge is 0.462 e. The Morgan fingerprint density at radius 3 is 0.881 bits per heavy atom. The SMILES string of the molecule is CCC(C)CCCCCCCCCCCCCCCCC(=O)OC[C@H](COC(=O)CCCCCCCCCCCCC(C)CC)OC(=O)CCCCCCCCC(C)C. The number of unbranched alkanes of at least 4 members (excludes halogenated alkanes) is 27. The van der Waals surface area contributed by atoms with E-state index in [0.717, 1.165) is 75.5 Å². The third-order valence-corrected chi connectivity index (χ3v) is 12.6. The van der Waals surface area contributed by atoms with Gasteiger partial charge >= 0.3 is 17.9 Å². The van der Waals surface area contributed by atoms with Gasteiger partial charge in [0.25, 0.3) is 0 Å². The zero-order valence-electron chi connectivity index (χ0n) is 40.5. The maximum absolute atomic E-state index is 12.7. The van der Waals surface area contributed by atoms with Crippen LogP contribution in [0.3, 0.4) is 0 Å². The van der Waals surface area contributed by atoms with Crippen LogP contribution in [0, 0.1) is 17.8 Å². The topological polar surface area (TPSA) is 78.9 Å². The third-order valence-electron chi connectivity index (χ3n) is 12.6. The molecule has 350 valence electrons. The van der Waals surface area contributed by atoms with Crippen LogP contribution in [0.2, 0.25) is 0 Å². The molecule has 0 saturated heterocycles. The first-order valence-electron chi connectivity index (χ1n) is 26.2. The third kappa shape index (κ3) is 44.3. The van der Waals surface area contributed by atoms with Gasteiger partial charge in [0.05, 0.1) is 0 Å². The van der Waals surface area contributed by atoms with Gasteiger partial charge in [-0.15, -0.1) is 0 Å². The van der Waals surface area contributed by atoms with Gasteiger partial charge in [-0.3, -0.25) is 14.4 Å². The number of hydrogen-bond donors (Lipinski definition) is 0. The van der Waals surface area contributed by atoms with Gasteiger partial charge in [-0.25, -0.2) is 0 Å². The van der Waals surface area contributed by atoms with Gasteiger partial charge < -0.3 is 14.2 Å². The minimum absolute atomic E-state index is 0.0657. The summed E-state index contributed by atoms with van der Waals surface area (Å²) in [7, 11) is 0. The number of carbonyl (C=O) groups is 3. The summed E-state index contributed by atoms with van der Waals surface area (Å²) in [4.78, 5) is 37.9. The van der Waals surface area contributed by atoms with Crippen LogP contribution in [0.25, 0.3) is 0 Å². The van der Waals surface area contributed by atoms with Crippen molar-refractivity contribution in [1.29, 1.82) is 0 Å². The van der Waals surface area contributed by atoms with Crippen LogP contribution in [0.1, 0.15) is 286 Å². The van der Waals surface area contributed by atoms with Crippen molar-refractivity contribution in [1.82, 2.24) is 0 Å². The molecule has 0 rings (SSSR count). The molecular formula is C53H102O6. The highest BCUT2D eigenvalue weighted by molar-refractivity contribution is 5.71. The molecular weight excluding hydrogens is 733 g/mol. The summed E-state index contributed by atoms with van der Waals surface area (Å²) in [5.74, 6) is 1.67. The normalized spacial score (nSPS) is 13.1. The molecule has 0 N–H and O–H groups in total. The maximum atomic E-state index is 12.7. The van der Waals surface area contributed by atoms with Gasteiger partial charge in [0, 0.05) is 19.3 Å². The first kappa shape index (κ1) is 57.4. The molecule has 0 aliphatic carbocycles. The molecule has 0 aliphatic heterocycles. The van der Waals surface area contributed by atoms with Crippen molar-refractivity contribution < 1.29 is 28.6 Å². The summed E-state index contributed by atoms with van der Waals surface area (Å²) in [6.45, 7) is 13.7. The zero-order valence-corrected chi connectivity index (χ0v) is 40.5. The minimum atomic E-state index is -0.763. The lowest BCUT2D eigenvalue weighted by molar-refractivity contribution is -0.167. The molecule has 6 nitrogen and oxygen atoms in total. The Kier molecular flexibility index (Phi) is 43.3. The number of rotatable bonds is 46. The Labute approximate surface area is 368 Å². The molecule has 0 bridgehead atoms. The van der Waals surface area contributed by atoms with Crippen LogP contribution in [-0.4, -0.2) is 37.2 Å². The number of carbonyl (C=O) groups excluding carboxylic acids is 3. The van der Waals surface area contributed by atoms with Gasteiger partial charge in [0.15, 0.2) is 6.10 Å². The van der Waals surface area contributed by atoms with E-state index in [1.165, 1.54) is 167 Å². The second-order valence-corrected chi connectivity index (χ2v) is 19.1. The van der Waals surface area contributed by atoms with E-state index in [-0.39, 0.29) is 31.1 Å². The minimum Gasteiger partial charge on any atom is -0.462 e. The number of esters is 3. The van der Waals surface area contributed by atoms with Gasteiger partial charge in [0.2, 0.25) is 0 Å². The Bertz CT molecular complexity index is 918. The maximum Gasteiger partial charge on any atom is 0.306 e. The predicted octanol–water partition coefficient (Wildman–Crippen LogP) is 16.8. The highest BCUT2D eigenvalue weighted by Crippen LogP contribution is 2.18. The van der Waals surface area contributed by atoms with E-state index >= 15 is 0 Å². The molecule has 0 amide bonds. The summed E-state index contributed by atoms with van der Waals surface area (Å²) in [5.41, 5.74) is 0. The van der Waals surface area contributed by atoms with Crippen LogP contribution >= 0.6 is 0 Å². The van der Waals surface area contributed by atoms with E-state index in [4.69, 9.17) is 14.2 Å². The molecule has 6 heteroatoms. The van der Waals surface area contributed by atoms with Crippen molar-refractivity contribution in [3.05, 3.63) is 0 Å². The van der Waals surface area contributed by atoms with E-state index in [2.05, 4.69) is 41.5 Å². The van der Waals surface area contributed by atoms with E-state index in [9.17, 15) is 14.4 Å². The molecule has 0 aromatic heterocycles. The second kappa shape index (κ2) is 44.5. The van der Waals surface area contributed by atoms with Crippen molar-refractivity contribution in [3.8, 4) is 0 Å². The Hall–Kier alpha value is -1.59. The second-order valence-electron chi connectivity index (χ2n) is 19.1. The summed E-state index contributed by atoms with van der Waals surface area (Å²) >= 11 is 0. The average Bonchev–Trinajstić information content (AvgIpc) is 3.22. The quantitative estimate of drug-likeness (QED) is 0.0345. The van der Waals surface area contributed by atoms with E-state index < -0.39 is 6.10 Å². The fourth-order valence-corrected chi connectivity index (χ4v) is 7.87. The molecule has 0 aromatic carbocycles. The van der Waals surface area contributed by atoms with Crippen molar-refractivity contribution in [2.24, 2.45) is 17.8 Å². The van der Waals surface area contributed by atoms with E-state index in [1.807, 2.05) is 0 Å². The molecule has 0 fully saturated rings. The Morgan fingerprint density at radius 1 is 0.339 bits per heavy atom. The van der Waals surface area contributed by atoms with Gasteiger partial charge in [-0.1, -0.05) is 247 Å². The van der Waals surface area contributed by atoms with Gasteiger partial charge in [-0.05, 0) is 37.0 Å². The van der Waals surface area contributed by atoms with E-state index in [0.29, 0.717) is 19.3 Å². The Balaban J connectivity index is 4.24. The summed E-state index contributed by atoms with van der Waals surface area (Å²) in [5, 5.41) is 0. The molecule has 0 heterocycles. The Morgan fingerprint density at radius 2 is 0.593 bits per heavy atom. The van der Waals surface area contributed by atoms with Gasteiger partial charge in [-0.2, -0.15) is 0 Å². The first-order valence-corrected chi connectivity index (χ1v) is 26.2. The number of hydrogen-bond acceptors (Lipinski definition) is 6. The fraction of sp³-hybridized carbons (Fsp3) is 0.943. The standard InChI is InChI=1S/C53H102O6/c1-7-48(5)40-34-28-21-17-13-11-9-10-12-14-19-23-30-36-42-51(54)57-45-50(59-53(56)44-38-32-26-25-27-33-39-47(3)4)46-58-52(55)43-37-31-24-20-16-15-18-22-29-35-41-49(6)8-2/h47-50H,7-46H2,1-6H3/t48?,49?,50-/m1/s1. The predicted molar refractivity (Wildman–Crippen MR) is 252 cm³/mol. The lowest BCUT2D eigenvalue weighted by Gasteiger charge is -2.18. The van der Waals surface area contributed by atoms with Crippen molar-refractivity contribution >= 4 is 17.9 Å². The first-order chi connectivity index (χ1) is 28.7. The van der Waals surface area contributed by atoms with Crippen molar-refractivity contribution in [3.63, 3.8) is 0 Å². The monoisotopic (exact) mass is 835 g/mol. The molecule has 59 heavy (non-hydrogen) atoms.